The summed E-state index contributed by atoms with van der Waals surface area (Å²) in [7, 11) is 0. The molecule has 18 heavy (non-hydrogen) atoms. The molecule has 0 unspecified atom stereocenters. The predicted molar refractivity (Wildman–Crippen MR) is 72.0 cm³/mol. The molecule has 1 aromatic heterocycles. The van der Waals surface area contributed by atoms with Gasteiger partial charge in [0.1, 0.15) is 0 Å². The van der Waals surface area contributed by atoms with Crippen molar-refractivity contribution in [1.82, 2.24) is 4.98 Å². The van der Waals surface area contributed by atoms with Gasteiger partial charge >= 0.3 is 0 Å². The fraction of sp³-hybridized carbons (Fsp3) is 0.643. The lowest BCUT2D eigenvalue weighted by Gasteiger charge is -2.34. The van der Waals surface area contributed by atoms with Crippen molar-refractivity contribution in [1.29, 1.82) is 0 Å². The average molecular weight is 251 g/mol. The number of aromatic nitrogens is 1. The Morgan fingerprint density at radius 3 is 2.72 bits per heavy atom. The van der Waals surface area contributed by atoms with Gasteiger partial charge in [0.15, 0.2) is 11.6 Å². The van der Waals surface area contributed by atoms with E-state index in [-0.39, 0.29) is 12.4 Å². The van der Waals surface area contributed by atoms with Gasteiger partial charge in [-0.25, -0.2) is 9.37 Å². The molecule has 4 heteroatoms. The van der Waals surface area contributed by atoms with E-state index in [9.17, 15) is 4.39 Å². The molecule has 3 nitrogen and oxygen atoms in total. The van der Waals surface area contributed by atoms with E-state index in [2.05, 4.69) is 16.8 Å². The highest BCUT2D eigenvalue weighted by molar-refractivity contribution is 5.44. The highest BCUT2D eigenvalue weighted by Gasteiger charge is 2.24. The van der Waals surface area contributed by atoms with Crippen molar-refractivity contribution in [2.24, 2.45) is 5.73 Å². The fourth-order valence-corrected chi connectivity index (χ4v) is 2.80. The maximum atomic E-state index is 14.3. The number of nitrogens with zero attached hydrogens (tertiary/aromatic N) is 2. The molecule has 0 saturated heterocycles. The van der Waals surface area contributed by atoms with E-state index in [0.717, 1.165) is 19.4 Å². The summed E-state index contributed by atoms with van der Waals surface area (Å²) in [5.74, 6) is 0.236. The van der Waals surface area contributed by atoms with Crippen LogP contribution >= 0.6 is 0 Å². The number of rotatable bonds is 4. The zero-order valence-corrected chi connectivity index (χ0v) is 11.0. The van der Waals surface area contributed by atoms with Gasteiger partial charge in [0.05, 0.1) is 0 Å². The second kappa shape index (κ2) is 6.14. The van der Waals surface area contributed by atoms with Gasteiger partial charge in [0.2, 0.25) is 0 Å². The second-order valence-electron chi connectivity index (χ2n) is 4.89. The zero-order valence-electron chi connectivity index (χ0n) is 11.0. The van der Waals surface area contributed by atoms with Gasteiger partial charge in [0.25, 0.3) is 0 Å². The molecule has 2 rings (SSSR count). The Hall–Kier alpha value is -1.16. The minimum atomic E-state index is -0.243. The Morgan fingerprint density at radius 1 is 1.39 bits per heavy atom. The second-order valence-corrected chi connectivity index (χ2v) is 4.89. The third kappa shape index (κ3) is 2.64. The van der Waals surface area contributed by atoms with E-state index < -0.39 is 0 Å². The molecule has 0 atom stereocenters. The lowest BCUT2D eigenvalue weighted by Crippen LogP contribution is -2.38. The zero-order chi connectivity index (χ0) is 13.0. The summed E-state index contributed by atoms with van der Waals surface area (Å²) in [6, 6.07) is 2.09. The molecule has 0 radical (unpaired) electrons. The summed E-state index contributed by atoms with van der Waals surface area (Å²) in [4.78, 5) is 6.33. The third-order valence-corrected chi connectivity index (χ3v) is 3.80. The Bertz CT molecular complexity index is 389. The molecule has 100 valence electrons. The van der Waals surface area contributed by atoms with Gasteiger partial charge in [-0.15, -0.1) is 0 Å². The topological polar surface area (TPSA) is 42.2 Å². The van der Waals surface area contributed by atoms with Crippen LogP contribution in [-0.4, -0.2) is 17.6 Å². The summed E-state index contributed by atoms with van der Waals surface area (Å²) in [5, 5.41) is 0. The van der Waals surface area contributed by atoms with Crippen LogP contribution in [0.4, 0.5) is 10.2 Å². The number of halogens is 1. The largest absolute Gasteiger partial charge is 0.351 e. The van der Waals surface area contributed by atoms with Crippen LogP contribution in [0, 0.1) is 5.82 Å². The van der Waals surface area contributed by atoms with Crippen molar-refractivity contribution in [3.8, 4) is 0 Å². The summed E-state index contributed by atoms with van der Waals surface area (Å²) in [6.07, 6.45) is 7.71. The highest BCUT2D eigenvalue weighted by Crippen LogP contribution is 2.28. The number of pyridine rings is 1. The van der Waals surface area contributed by atoms with E-state index in [1.165, 1.54) is 19.3 Å². The number of anilines is 1. The van der Waals surface area contributed by atoms with Crippen LogP contribution in [0.3, 0.4) is 0 Å². The fourth-order valence-electron chi connectivity index (χ4n) is 2.80. The van der Waals surface area contributed by atoms with Gasteiger partial charge in [-0.2, -0.15) is 0 Å². The van der Waals surface area contributed by atoms with Crippen molar-refractivity contribution in [2.45, 2.75) is 51.6 Å². The Labute approximate surface area is 108 Å². The molecule has 0 amide bonds. The molecule has 2 N–H and O–H groups in total. The maximum absolute atomic E-state index is 14.3. The van der Waals surface area contributed by atoms with Crippen LogP contribution in [0.1, 0.15) is 44.6 Å². The van der Waals surface area contributed by atoms with E-state index in [0.29, 0.717) is 17.4 Å². The molecule has 1 fully saturated rings. The molecule has 0 aliphatic heterocycles. The van der Waals surface area contributed by atoms with Gasteiger partial charge in [-0.3, -0.25) is 0 Å². The lowest BCUT2D eigenvalue weighted by molar-refractivity contribution is 0.412. The first-order chi connectivity index (χ1) is 8.77. The van der Waals surface area contributed by atoms with Crippen molar-refractivity contribution in [2.75, 3.05) is 11.4 Å². The van der Waals surface area contributed by atoms with Crippen LogP contribution in [0.5, 0.6) is 0 Å². The molecule has 0 aromatic carbocycles. The summed E-state index contributed by atoms with van der Waals surface area (Å²) >= 11 is 0. The first kappa shape index (κ1) is 13.3. The van der Waals surface area contributed by atoms with Crippen LogP contribution in [0.2, 0.25) is 0 Å². The molecule has 1 heterocycles. The Morgan fingerprint density at radius 2 is 2.11 bits per heavy atom. The maximum Gasteiger partial charge on any atom is 0.170 e. The van der Waals surface area contributed by atoms with Gasteiger partial charge in [-0.1, -0.05) is 19.3 Å². The molecular weight excluding hydrogens is 229 g/mol. The van der Waals surface area contributed by atoms with Crippen molar-refractivity contribution >= 4 is 5.82 Å². The van der Waals surface area contributed by atoms with Gasteiger partial charge < -0.3 is 10.6 Å². The lowest BCUT2D eigenvalue weighted by atomic mass is 9.94. The third-order valence-electron chi connectivity index (χ3n) is 3.80. The summed E-state index contributed by atoms with van der Waals surface area (Å²) in [6.45, 7) is 3.08. The number of hydrogen-bond donors (Lipinski definition) is 1. The molecule has 0 bridgehead atoms. The van der Waals surface area contributed by atoms with Crippen molar-refractivity contribution in [3.05, 3.63) is 23.6 Å². The molecule has 0 spiro atoms. The van der Waals surface area contributed by atoms with Crippen LogP contribution in [0.15, 0.2) is 12.3 Å². The smallest absolute Gasteiger partial charge is 0.170 e. The van der Waals surface area contributed by atoms with E-state index >= 15 is 0 Å². The highest BCUT2D eigenvalue weighted by atomic mass is 19.1. The first-order valence-corrected chi connectivity index (χ1v) is 6.88. The Balaban J connectivity index is 2.26. The average Bonchev–Trinajstić information content (AvgIpc) is 2.43. The van der Waals surface area contributed by atoms with Gasteiger partial charge in [0, 0.05) is 30.9 Å². The monoisotopic (exact) mass is 251 g/mol. The Kier molecular flexibility index (Phi) is 4.53. The summed E-state index contributed by atoms with van der Waals surface area (Å²) in [5.41, 5.74) is 6.10. The minimum absolute atomic E-state index is 0.226. The standard InChI is InChI=1S/C14H22FN3/c1-2-18(12-6-4-3-5-7-12)14-13(15)11(10-16)8-9-17-14/h8-9,12H,2-7,10,16H2,1H3. The van der Waals surface area contributed by atoms with Crippen LogP contribution < -0.4 is 10.6 Å². The molecule has 1 aromatic rings. The SMILES string of the molecule is CCN(c1nccc(CN)c1F)C1CCCCC1. The van der Waals surface area contributed by atoms with E-state index in [1.54, 1.807) is 12.3 Å². The van der Waals surface area contributed by atoms with Crippen LogP contribution in [-0.2, 0) is 6.54 Å². The number of hydrogen-bond acceptors (Lipinski definition) is 3. The normalized spacial score (nSPS) is 16.8. The number of nitrogens with two attached hydrogens (primary N) is 1. The van der Waals surface area contributed by atoms with E-state index in [1.807, 2.05) is 0 Å². The molecule has 1 aliphatic carbocycles. The van der Waals surface area contributed by atoms with Crippen molar-refractivity contribution in [3.63, 3.8) is 0 Å². The molecule has 1 saturated carbocycles. The van der Waals surface area contributed by atoms with E-state index in [4.69, 9.17) is 5.73 Å². The first-order valence-electron chi connectivity index (χ1n) is 6.88. The predicted octanol–water partition coefficient (Wildman–Crippen LogP) is 2.84. The molecular formula is C14H22FN3. The van der Waals surface area contributed by atoms with Crippen LogP contribution in [0.25, 0.3) is 0 Å². The minimum Gasteiger partial charge on any atom is -0.351 e. The van der Waals surface area contributed by atoms with Gasteiger partial charge in [-0.05, 0) is 25.8 Å². The summed E-state index contributed by atoms with van der Waals surface area (Å²) < 4.78 is 14.3. The van der Waals surface area contributed by atoms with Crippen molar-refractivity contribution < 1.29 is 4.39 Å². The molecule has 1 aliphatic rings. The quantitative estimate of drug-likeness (QED) is 0.894.